The summed E-state index contributed by atoms with van der Waals surface area (Å²) in [5.74, 6) is 0.278. The van der Waals surface area contributed by atoms with E-state index in [2.05, 4.69) is 36.3 Å². The number of rotatable bonds is 9. The number of hydrogen-bond donors (Lipinski definition) is 2. The van der Waals surface area contributed by atoms with Gasteiger partial charge in [-0.05, 0) is 133 Å². The summed E-state index contributed by atoms with van der Waals surface area (Å²) >= 11 is 6.15. The standard InChI is InChI=1S/C38H50ClN3O4/c1-25-21-31-32(43)24-34(46-33(31)22-26(25)2)35(44)40-30(23-27-11-13-29(39)14-12-27)15-18-42-19-16-38(17-20-42,28-9-7-6-8-10-28)36(45)41-37(3,4)5/h11-14,21-22,24,28,30H,6-10,15-20,23H2,1-5H3,(H,40,44)(H,41,45)/t30-/m1/s1. The van der Waals surface area contributed by atoms with Gasteiger partial charge in [-0.2, -0.15) is 0 Å². The van der Waals surface area contributed by atoms with Crippen LogP contribution in [0.5, 0.6) is 0 Å². The first-order valence-electron chi connectivity index (χ1n) is 17.0. The molecule has 0 spiro atoms. The summed E-state index contributed by atoms with van der Waals surface area (Å²) in [6.07, 6.45) is 9.00. The highest BCUT2D eigenvalue weighted by molar-refractivity contribution is 6.30. The predicted molar refractivity (Wildman–Crippen MR) is 186 cm³/mol. The van der Waals surface area contributed by atoms with Gasteiger partial charge in [-0.3, -0.25) is 14.4 Å². The smallest absolute Gasteiger partial charge is 0.287 e. The minimum Gasteiger partial charge on any atom is -0.451 e. The van der Waals surface area contributed by atoms with Crippen molar-refractivity contribution < 1.29 is 14.0 Å². The summed E-state index contributed by atoms with van der Waals surface area (Å²) in [4.78, 5) is 42.7. The van der Waals surface area contributed by atoms with Crippen molar-refractivity contribution >= 4 is 34.4 Å². The van der Waals surface area contributed by atoms with Crippen LogP contribution in [0.25, 0.3) is 11.0 Å². The number of piperidine rings is 1. The number of fused-ring (bicyclic) bond motifs is 1. The summed E-state index contributed by atoms with van der Waals surface area (Å²) in [5.41, 5.74) is 2.68. The van der Waals surface area contributed by atoms with Crippen LogP contribution >= 0.6 is 11.6 Å². The van der Waals surface area contributed by atoms with Crippen LogP contribution in [-0.4, -0.2) is 47.9 Å². The summed E-state index contributed by atoms with van der Waals surface area (Å²) in [5, 5.41) is 7.65. The van der Waals surface area contributed by atoms with Crippen LogP contribution in [-0.2, 0) is 11.2 Å². The van der Waals surface area contributed by atoms with Crippen molar-refractivity contribution in [3.8, 4) is 0 Å². The van der Waals surface area contributed by atoms with E-state index in [-0.39, 0.29) is 34.1 Å². The number of carbonyl (C=O) groups is 2. The Morgan fingerprint density at radius 3 is 2.30 bits per heavy atom. The molecule has 1 atom stereocenters. The Labute approximate surface area is 278 Å². The first-order chi connectivity index (χ1) is 21.8. The second kappa shape index (κ2) is 14.3. The van der Waals surface area contributed by atoms with Gasteiger partial charge in [0.05, 0.1) is 10.8 Å². The Morgan fingerprint density at radius 2 is 1.65 bits per heavy atom. The Hall–Kier alpha value is -3.16. The number of likely N-dealkylation sites (tertiary alicyclic amines) is 1. The van der Waals surface area contributed by atoms with E-state index in [1.807, 2.05) is 50.2 Å². The Morgan fingerprint density at radius 1 is 1.00 bits per heavy atom. The fourth-order valence-electron chi connectivity index (χ4n) is 7.37. The van der Waals surface area contributed by atoms with Crippen molar-refractivity contribution in [3.63, 3.8) is 0 Å². The zero-order chi connectivity index (χ0) is 33.1. The number of amides is 2. The van der Waals surface area contributed by atoms with E-state index in [9.17, 15) is 14.4 Å². The van der Waals surface area contributed by atoms with Gasteiger partial charge in [0.15, 0.2) is 11.2 Å². The lowest BCUT2D eigenvalue weighted by molar-refractivity contribution is -0.141. The molecule has 2 fully saturated rings. The average Bonchev–Trinajstić information content (AvgIpc) is 3.01. The normalized spacial score (nSPS) is 18.3. The quantitative estimate of drug-likeness (QED) is 0.253. The van der Waals surface area contributed by atoms with E-state index >= 15 is 0 Å². The van der Waals surface area contributed by atoms with Crippen molar-refractivity contribution in [2.75, 3.05) is 19.6 Å². The van der Waals surface area contributed by atoms with E-state index in [1.54, 1.807) is 0 Å². The third-order valence-electron chi connectivity index (χ3n) is 10.2. The molecule has 1 saturated carbocycles. The summed E-state index contributed by atoms with van der Waals surface area (Å²) in [7, 11) is 0. The molecule has 2 heterocycles. The third-order valence-corrected chi connectivity index (χ3v) is 10.4. The number of nitrogens with one attached hydrogen (secondary N) is 2. The maximum absolute atomic E-state index is 13.8. The highest BCUT2D eigenvalue weighted by Crippen LogP contribution is 2.46. The molecule has 46 heavy (non-hydrogen) atoms. The molecule has 1 aliphatic heterocycles. The predicted octanol–water partition coefficient (Wildman–Crippen LogP) is 7.37. The molecule has 2 aromatic carbocycles. The van der Waals surface area contributed by atoms with Crippen LogP contribution in [0.4, 0.5) is 0 Å². The maximum Gasteiger partial charge on any atom is 0.287 e. The van der Waals surface area contributed by atoms with Gasteiger partial charge in [0, 0.05) is 29.2 Å². The van der Waals surface area contributed by atoms with Crippen LogP contribution in [0.2, 0.25) is 5.02 Å². The first kappa shape index (κ1) is 34.2. The second-order valence-corrected chi connectivity index (χ2v) is 15.2. The summed E-state index contributed by atoms with van der Waals surface area (Å²) < 4.78 is 5.96. The van der Waals surface area contributed by atoms with E-state index < -0.39 is 5.91 Å². The first-order valence-corrected chi connectivity index (χ1v) is 17.4. The number of benzene rings is 2. The van der Waals surface area contributed by atoms with Crippen molar-refractivity contribution in [2.24, 2.45) is 11.3 Å². The van der Waals surface area contributed by atoms with Gasteiger partial charge in [0.25, 0.3) is 5.91 Å². The zero-order valence-electron chi connectivity index (χ0n) is 28.1. The molecule has 248 valence electrons. The number of aryl methyl sites for hydroxylation is 2. The Bertz CT molecular complexity index is 1590. The molecule has 2 aliphatic rings. The molecule has 7 nitrogen and oxygen atoms in total. The SMILES string of the molecule is Cc1cc2oc(C(=O)N[C@H](CCN3CCC(C(=O)NC(C)(C)C)(C4CCCCC4)CC3)Cc3ccc(Cl)cc3)cc(=O)c2cc1C. The number of nitrogens with zero attached hydrogens (tertiary/aromatic N) is 1. The molecule has 2 amide bonds. The largest absolute Gasteiger partial charge is 0.451 e. The third kappa shape index (κ3) is 8.21. The lowest BCUT2D eigenvalue weighted by atomic mass is 9.63. The van der Waals surface area contributed by atoms with Gasteiger partial charge in [-0.25, -0.2) is 0 Å². The minimum atomic E-state index is -0.398. The van der Waals surface area contributed by atoms with Crippen LogP contribution in [0.15, 0.2) is 51.7 Å². The highest BCUT2D eigenvalue weighted by atomic mass is 35.5. The highest BCUT2D eigenvalue weighted by Gasteiger charge is 2.48. The summed E-state index contributed by atoms with van der Waals surface area (Å²) in [6, 6.07) is 12.4. The molecule has 1 aromatic heterocycles. The molecule has 1 aliphatic carbocycles. The van der Waals surface area contributed by atoms with Gasteiger partial charge < -0.3 is 20.0 Å². The molecule has 3 aromatic rings. The van der Waals surface area contributed by atoms with Crippen molar-refractivity contribution in [1.82, 2.24) is 15.5 Å². The van der Waals surface area contributed by atoms with Crippen molar-refractivity contribution in [3.05, 3.63) is 80.2 Å². The number of carbonyl (C=O) groups excluding carboxylic acids is 2. The molecule has 0 bridgehead atoms. The molecular weight excluding hydrogens is 598 g/mol. The maximum atomic E-state index is 13.8. The summed E-state index contributed by atoms with van der Waals surface area (Å²) in [6.45, 7) is 12.6. The van der Waals surface area contributed by atoms with Crippen LogP contribution in [0.3, 0.4) is 0 Å². The monoisotopic (exact) mass is 647 g/mol. The van der Waals surface area contributed by atoms with Gasteiger partial charge >= 0.3 is 0 Å². The van der Waals surface area contributed by atoms with Crippen LogP contribution in [0.1, 0.15) is 99.4 Å². The number of hydrogen-bond acceptors (Lipinski definition) is 5. The van der Waals surface area contributed by atoms with E-state index in [4.69, 9.17) is 16.0 Å². The topological polar surface area (TPSA) is 91.7 Å². The molecule has 1 saturated heterocycles. The molecule has 0 radical (unpaired) electrons. The fraction of sp³-hybridized carbons (Fsp3) is 0.553. The lowest BCUT2D eigenvalue weighted by Gasteiger charge is -2.47. The van der Waals surface area contributed by atoms with Crippen molar-refractivity contribution in [1.29, 1.82) is 0 Å². The Balaban J connectivity index is 1.29. The lowest BCUT2D eigenvalue weighted by Crippen LogP contribution is -2.56. The second-order valence-electron chi connectivity index (χ2n) is 14.7. The molecule has 8 heteroatoms. The number of halogens is 1. The zero-order valence-corrected chi connectivity index (χ0v) is 28.9. The molecule has 0 unspecified atom stereocenters. The molecule has 5 rings (SSSR count). The fourth-order valence-corrected chi connectivity index (χ4v) is 7.49. The molecular formula is C38H50ClN3O4. The van der Waals surface area contributed by atoms with E-state index in [0.717, 1.165) is 68.4 Å². The van der Waals surface area contributed by atoms with Crippen molar-refractivity contribution in [2.45, 2.75) is 104 Å². The van der Waals surface area contributed by atoms with E-state index in [1.165, 1.54) is 25.3 Å². The average molecular weight is 648 g/mol. The van der Waals surface area contributed by atoms with Gasteiger partial charge in [0.1, 0.15) is 5.58 Å². The Kier molecular flexibility index (Phi) is 10.6. The van der Waals surface area contributed by atoms with Gasteiger partial charge in [0.2, 0.25) is 5.91 Å². The van der Waals surface area contributed by atoms with Gasteiger partial charge in [-0.15, -0.1) is 0 Å². The minimum absolute atomic E-state index is 0.0157. The van der Waals surface area contributed by atoms with E-state index in [0.29, 0.717) is 28.3 Å². The molecule has 2 N–H and O–H groups in total. The van der Waals surface area contributed by atoms with Crippen LogP contribution < -0.4 is 16.1 Å². The van der Waals surface area contributed by atoms with Gasteiger partial charge in [-0.1, -0.05) is 43.0 Å². The van der Waals surface area contributed by atoms with Crippen LogP contribution in [0, 0.1) is 25.2 Å².